The Kier molecular flexibility index (Phi) is 5.75. The predicted molar refractivity (Wildman–Crippen MR) is 87.1 cm³/mol. The number of hydrogen-bond donors (Lipinski definition) is 0. The second-order valence-corrected chi connectivity index (χ2v) is 6.66. The fourth-order valence-corrected chi connectivity index (χ4v) is 4.44. The molecule has 3 nitrogen and oxygen atoms in total. The normalized spacial score (nSPS) is 23.6. The minimum absolute atomic E-state index is 0.215. The molecule has 3 atom stereocenters. The van der Waals surface area contributed by atoms with Gasteiger partial charge < -0.3 is 14.2 Å². The second-order valence-electron chi connectivity index (χ2n) is 4.88. The van der Waals surface area contributed by atoms with Gasteiger partial charge in [0.1, 0.15) is 16.0 Å². The molecule has 0 aromatic heterocycles. The van der Waals surface area contributed by atoms with Crippen LogP contribution in [0.1, 0.15) is 30.2 Å². The van der Waals surface area contributed by atoms with Crippen LogP contribution in [-0.2, 0) is 4.74 Å². The Morgan fingerprint density at radius 2 is 2.10 bits per heavy atom. The molecule has 112 valence electrons. The van der Waals surface area contributed by atoms with Crippen LogP contribution in [0.5, 0.6) is 11.5 Å². The third-order valence-electron chi connectivity index (χ3n) is 3.85. The Morgan fingerprint density at radius 1 is 1.35 bits per heavy atom. The highest BCUT2D eigenvalue weighted by Crippen LogP contribution is 2.47. The van der Waals surface area contributed by atoms with E-state index in [1.807, 2.05) is 6.07 Å². The number of rotatable bonds is 5. The van der Waals surface area contributed by atoms with Crippen molar-refractivity contribution in [3.8, 4) is 11.5 Å². The molecule has 0 aliphatic carbocycles. The summed E-state index contributed by atoms with van der Waals surface area (Å²) >= 11 is 7.40. The SMILES string of the molecule is CCC1OCCC1C(Br)c1ccc(OC)c(Br)c1OC. The number of halogens is 2. The Hall–Kier alpha value is -0.260. The van der Waals surface area contributed by atoms with Gasteiger partial charge in [-0.1, -0.05) is 28.9 Å². The molecule has 3 unspecified atom stereocenters. The molecule has 0 N–H and O–H groups in total. The van der Waals surface area contributed by atoms with Crippen LogP contribution in [0.25, 0.3) is 0 Å². The van der Waals surface area contributed by atoms with Crippen LogP contribution < -0.4 is 9.47 Å². The molecule has 0 amide bonds. The zero-order chi connectivity index (χ0) is 14.7. The van der Waals surface area contributed by atoms with Gasteiger partial charge in [-0.15, -0.1) is 0 Å². The smallest absolute Gasteiger partial charge is 0.141 e. The lowest BCUT2D eigenvalue weighted by molar-refractivity contribution is 0.0871. The molecule has 1 heterocycles. The molecule has 1 aliphatic rings. The first-order valence-electron chi connectivity index (χ1n) is 6.80. The van der Waals surface area contributed by atoms with E-state index in [0.29, 0.717) is 12.0 Å². The molecule has 0 spiro atoms. The molecule has 5 heteroatoms. The number of ether oxygens (including phenoxy) is 3. The van der Waals surface area contributed by atoms with Crippen molar-refractivity contribution >= 4 is 31.9 Å². The summed E-state index contributed by atoms with van der Waals surface area (Å²) in [4.78, 5) is 0.215. The maximum atomic E-state index is 5.80. The molecule has 1 aromatic rings. The van der Waals surface area contributed by atoms with E-state index in [1.165, 1.54) is 0 Å². The highest BCUT2D eigenvalue weighted by atomic mass is 79.9. The molecule has 0 saturated carbocycles. The number of methoxy groups -OCH3 is 2. The van der Waals surface area contributed by atoms with E-state index in [9.17, 15) is 0 Å². The van der Waals surface area contributed by atoms with Crippen LogP contribution in [0.4, 0.5) is 0 Å². The Morgan fingerprint density at radius 3 is 2.70 bits per heavy atom. The third kappa shape index (κ3) is 3.00. The zero-order valence-corrected chi connectivity index (χ0v) is 15.2. The minimum atomic E-state index is 0.215. The molecular formula is C15H20Br2O3. The predicted octanol–water partition coefficient (Wildman–Crippen LogP) is 4.72. The fraction of sp³-hybridized carbons (Fsp3) is 0.600. The van der Waals surface area contributed by atoms with Crippen LogP contribution >= 0.6 is 31.9 Å². The van der Waals surface area contributed by atoms with Crippen LogP contribution in [0.3, 0.4) is 0 Å². The van der Waals surface area contributed by atoms with Crippen molar-refractivity contribution in [2.24, 2.45) is 5.92 Å². The van der Waals surface area contributed by atoms with Crippen molar-refractivity contribution in [3.05, 3.63) is 22.2 Å². The van der Waals surface area contributed by atoms with Crippen LogP contribution in [0.2, 0.25) is 0 Å². The summed E-state index contributed by atoms with van der Waals surface area (Å²) in [5, 5.41) is 0. The van der Waals surface area contributed by atoms with Gasteiger partial charge in [0, 0.05) is 22.9 Å². The van der Waals surface area contributed by atoms with E-state index < -0.39 is 0 Å². The summed E-state index contributed by atoms with van der Waals surface area (Å²) in [5.74, 6) is 2.07. The van der Waals surface area contributed by atoms with Crippen molar-refractivity contribution < 1.29 is 14.2 Å². The van der Waals surface area contributed by atoms with E-state index in [-0.39, 0.29) is 4.83 Å². The fourth-order valence-electron chi connectivity index (χ4n) is 2.79. The lowest BCUT2D eigenvalue weighted by Gasteiger charge is -2.25. The van der Waals surface area contributed by atoms with Crippen molar-refractivity contribution in [1.29, 1.82) is 0 Å². The molecular weight excluding hydrogens is 388 g/mol. The van der Waals surface area contributed by atoms with Crippen molar-refractivity contribution in [3.63, 3.8) is 0 Å². The van der Waals surface area contributed by atoms with E-state index in [1.54, 1.807) is 14.2 Å². The monoisotopic (exact) mass is 406 g/mol. The topological polar surface area (TPSA) is 27.7 Å². The van der Waals surface area contributed by atoms with Gasteiger partial charge in [0.05, 0.1) is 20.3 Å². The molecule has 1 saturated heterocycles. The number of benzene rings is 1. The Labute approximate surface area is 137 Å². The maximum Gasteiger partial charge on any atom is 0.141 e. The molecule has 20 heavy (non-hydrogen) atoms. The second kappa shape index (κ2) is 7.14. The number of hydrogen-bond acceptors (Lipinski definition) is 3. The molecule has 0 radical (unpaired) electrons. The third-order valence-corrected chi connectivity index (χ3v) is 5.78. The molecule has 1 fully saturated rings. The summed E-state index contributed by atoms with van der Waals surface area (Å²) in [7, 11) is 3.34. The summed E-state index contributed by atoms with van der Waals surface area (Å²) in [6.45, 7) is 3.01. The zero-order valence-electron chi connectivity index (χ0n) is 12.0. The van der Waals surface area contributed by atoms with Crippen LogP contribution in [-0.4, -0.2) is 26.9 Å². The van der Waals surface area contributed by atoms with Gasteiger partial charge in [0.25, 0.3) is 0 Å². The van der Waals surface area contributed by atoms with Gasteiger partial charge in [0.2, 0.25) is 0 Å². The molecule has 0 bridgehead atoms. The average molecular weight is 408 g/mol. The van der Waals surface area contributed by atoms with Crippen molar-refractivity contribution in [2.75, 3.05) is 20.8 Å². The Bertz CT molecular complexity index is 465. The minimum Gasteiger partial charge on any atom is -0.495 e. The standard InChI is InChI=1S/C15H20Br2O3/c1-4-11-9(7-8-20-11)13(16)10-5-6-12(18-2)14(17)15(10)19-3/h5-6,9,11,13H,4,7-8H2,1-3H3. The average Bonchev–Trinajstić information content (AvgIpc) is 2.94. The largest absolute Gasteiger partial charge is 0.495 e. The first kappa shape index (κ1) is 16.1. The summed E-state index contributed by atoms with van der Waals surface area (Å²) in [6, 6.07) is 4.03. The van der Waals surface area contributed by atoms with E-state index in [4.69, 9.17) is 14.2 Å². The summed E-state index contributed by atoms with van der Waals surface area (Å²) < 4.78 is 17.6. The van der Waals surface area contributed by atoms with Gasteiger partial charge in [-0.2, -0.15) is 0 Å². The maximum absolute atomic E-state index is 5.80. The number of alkyl halides is 1. The first-order valence-corrected chi connectivity index (χ1v) is 8.50. The first-order chi connectivity index (χ1) is 9.63. The lowest BCUT2D eigenvalue weighted by atomic mass is 9.91. The highest BCUT2D eigenvalue weighted by Gasteiger charge is 2.35. The van der Waals surface area contributed by atoms with Gasteiger partial charge in [-0.25, -0.2) is 0 Å². The van der Waals surface area contributed by atoms with Gasteiger partial charge in [0.15, 0.2) is 0 Å². The van der Waals surface area contributed by atoms with Crippen LogP contribution in [0, 0.1) is 5.92 Å². The Balaban J connectivity index is 2.34. The van der Waals surface area contributed by atoms with Crippen LogP contribution in [0.15, 0.2) is 16.6 Å². The molecule has 1 aliphatic heterocycles. The highest BCUT2D eigenvalue weighted by molar-refractivity contribution is 9.10. The molecule has 1 aromatic carbocycles. The van der Waals surface area contributed by atoms with Gasteiger partial charge in [-0.05, 0) is 34.8 Å². The van der Waals surface area contributed by atoms with Crippen molar-refractivity contribution in [1.82, 2.24) is 0 Å². The summed E-state index contributed by atoms with van der Waals surface area (Å²) in [5.41, 5.74) is 1.13. The lowest BCUT2D eigenvalue weighted by Crippen LogP contribution is -2.19. The van der Waals surface area contributed by atoms with Gasteiger partial charge in [-0.3, -0.25) is 0 Å². The quantitative estimate of drug-likeness (QED) is 0.661. The van der Waals surface area contributed by atoms with Crippen molar-refractivity contribution in [2.45, 2.75) is 30.7 Å². The van der Waals surface area contributed by atoms with E-state index >= 15 is 0 Å². The summed E-state index contributed by atoms with van der Waals surface area (Å²) in [6.07, 6.45) is 2.41. The van der Waals surface area contributed by atoms with Gasteiger partial charge >= 0.3 is 0 Å². The van der Waals surface area contributed by atoms with E-state index in [0.717, 1.165) is 41.0 Å². The van der Waals surface area contributed by atoms with E-state index in [2.05, 4.69) is 44.8 Å². The molecule has 2 rings (SSSR count).